The highest BCUT2D eigenvalue weighted by Crippen LogP contribution is 2.39. The van der Waals surface area contributed by atoms with Crippen LogP contribution in [0.25, 0.3) is 22.3 Å². The van der Waals surface area contributed by atoms with Crippen LogP contribution in [0.2, 0.25) is 0 Å². The van der Waals surface area contributed by atoms with Gasteiger partial charge >= 0.3 is 0 Å². The van der Waals surface area contributed by atoms with E-state index in [1.54, 1.807) is 24.3 Å². The van der Waals surface area contributed by atoms with Crippen molar-refractivity contribution in [2.45, 2.75) is 28.4 Å². The zero-order valence-corrected chi connectivity index (χ0v) is 28.7. The normalized spacial score (nSPS) is 15.2. The molecule has 2 saturated heterocycles. The van der Waals surface area contributed by atoms with Gasteiger partial charge in [-0.15, -0.1) is 12.8 Å². The van der Waals surface area contributed by atoms with Crippen molar-refractivity contribution < 1.29 is 21.6 Å². The Kier molecular flexibility index (Phi) is 11.6. The molecule has 2 aliphatic rings. The van der Waals surface area contributed by atoms with Crippen molar-refractivity contribution in [1.82, 2.24) is 8.61 Å². The molecule has 0 bridgehead atoms. The predicted molar refractivity (Wildman–Crippen MR) is 195 cm³/mol. The van der Waals surface area contributed by atoms with Crippen LogP contribution in [0.5, 0.6) is 0 Å². The number of hydrogen-bond donors (Lipinski definition) is 0. The van der Waals surface area contributed by atoms with Crippen molar-refractivity contribution in [3.63, 3.8) is 0 Å². The summed E-state index contributed by atoms with van der Waals surface area (Å²) in [5, 5.41) is 0. The van der Waals surface area contributed by atoms with E-state index in [1.165, 1.54) is 8.61 Å². The zero-order valence-electron chi connectivity index (χ0n) is 27.0. The average molecular weight is 697 g/mol. The van der Waals surface area contributed by atoms with Crippen LogP contribution in [0.4, 0.5) is 0 Å². The van der Waals surface area contributed by atoms with Crippen molar-refractivity contribution in [3.8, 4) is 82.5 Å². The van der Waals surface area contributed by atoms with Gasteiger partial charge < -0.3 is 4.74 Å². The number of benzene rings is 4. The molecule has 0 unspecified atom stereocenters. The Hall–Kier alpha value is -5.54. The van der Waals surface area contributed by atoms with Crippen LogP contribution in [0.1, 0.15) is 12.8 Å². The summed E-state index contributed by atoms with van der Waals surface area (Å²) >= 11 is 0. The van der Waals surface area contributed by atoms with Crippen molar-refractivity contribution in [1.29, 1.82) is 0 Å². The van der Waals surface area contributed by atoms with E-state index < -0.39 is 25.8 Å². The Morgan fingerprint density at radius 2 is 0.920 bits per heavy atom. The maximum atomic E-state index is 13.7. The van der Waals surface area contributed by atoms with E-state index in [9.17, 15) is 16.8 Å². The SMILES string of the molecule is C#CC#CC#CC#CC#C.O=S(=O)(c1ccc(-c2ccccc2)cc1)N1CCC2(CC1)OCCN2S(=O)(=O)c1ccc(-c2ccccc2)cc1. The highest BCUT2D eigenvalue weighted by Gasteiger charge is 2.51. The van der Waals surface area contributed by atoms with Gasteiger partial charge in [0.25, 0.3) is 0 Å². The molecule has 9 heteroatoms. The second-order valence-corrected chi connectivity index (χ2v) is 14.9. The van der Waals surface area contributed by atoms with Crippen LogP contribution in [0.3, 0.4) is 0 Å². The largest absolute Gasteiger partial charge is 0.358 e. The first-order valence-electron chi connectivity index (χ1n) is 15.6. The summed E-state index contributed by atoms with van der Waals surface area (Å²) in [6.45, 7) is 0.842. The molecule has 248 valence electrons. The second-order valence-electron chi connectivity index (χ2n) is 11.1. The van der Waals surface area contributed by atoms with E-state index in [2.05, 4.69) is 47.4 Å². The van der Waals surface area contributed by atoms with Crippen LogP contribution >= 0.6 is 0 Å². The molecule has 0 amide bonds. The third kappa shape index (κ3) is 8.18. The third-order valence-electron chi connectivity index (χ3n) is 8.23. The number of hydrogen-bond acceptors (Lipinski definition) is 5. The Labute approximate surface area is 295 Å². The molecule has 0 N–H and O–H groups in total. The summed E-state index contributed by atoms with van der Waals surface area (Å²) in [7, 11) is -7.58. The molecule has 0 aliphatic carbocycles. The fraction of sp³-hybridized carbons (Fsp3) is 0.171. The third-order valence-corrected chi connectivity index (χ3v) is 12.1. The van der Waals surface area contributed by atoms with Gasteiger partial charge in [-0.25, -0.2) is 16.8 Å². The van der Waals surface area contributed by atoms with Crippen molar-refractivity contribution in [2.75, 3.05) is 26.2 Å². The van der Waals surface area contributed by atoms with Crippen molar-refractivity contribution in [3.05, 3.63) is 109 Å². The Morgan fingerprint density at radius 1 is 0.520 bits per heavy atom. The summed E-state index contributed by atoms with van der Waals surface area (Å²) in [5.41, 5.74) is 2.84. The lowest BCUT2D eigenvalue weighted by atomic mass is 10.0. The van der Waals surface area contributed by atoms with E-state index >= 15 is 0 Å². The summed E-state index contributed by atoms with van der Waals surface area (Å²) in [6, 6.07) is 33.3. The Balaban J connectivity index is 0.000000425. The van der Waals surface area contributed by atoms with E-state index in [0.29, 0.717) is 0 Å². The zero-order chi connectivity index (χ0) is 35.5. The highest BCUT2D eigenvalue weighted by atomic mass is 32.2. The van der Waals surface area contributed by atoms with Gasteiger partial charge in [0, 0.05) is 32.5 Å². The van der Waals surface area contributed by atoms with Gasteiger partial charge in [-0.1, -0.05) is 84.9 Å². The van der Waals surface area contributed by atoms with Gasteiger partial charge in [-0.05, 0) is 93.9 Å². The summed E-state index contributed by atoms with van der Waals surface area (Å²) < 4.78 is 63.2. The molecule has 0 aromatic heterocycles. The number of ether oxygens (including phenoxy) is 1. The summed E-state index contributed by atoms with van der Waals surface area (Å²) in [6.07, 6.45) is 10.1. The Bertz CT molecular complexity index is 2260. The fourth-order valence-electron chi connectivity index (χ4n) is 5.78. The molecule has 6 rings (SSSR count). The summed E-state index contributed by atoms with van der Waals surface area (Å²) in [5.74, 6) is 18.4. The first-order chi connectivity index (χ1) is 24.2. The van der Waals surface area contributed by atoms with Crippen LogP contribution in [0.15, 0.2) is 119 Å². The maximum absolute atomic E-state index is 13.7. The average Bonchev–Trinajstić information content (AvgIpc) is 3.58. The number of rotatable bonds is 6. The molecule has 2 aliphatic heterocycles. The van der Waals surface area contributed by atoms with Crippen LogP contribution in [-0.2, 0) is 24.8 Å². The minimum absolute atomic E-state index is 0.168. The van der Waals surface area contributed by atoms with E-state index in [0.717, 1.165) is 22.3 Å². The van der Waals surface area contributed by atoms with Gasteiger partial charge in [0.1, 0.15) is 5.72 Å². The van der Waals surface area contributed by atoms with Crippen LogP contribution in [-0.4, -0.2) is 57.4 Å². The lowest BCUT2D eigenvalue weighted by molar-refractivity contribution is -0.0806. The van der Waals surface area contributed by atoms with Gasteiger partial charge in [0.2, 0.25) is 20.0 Å². The minimum Gasteiger partial charge on any atom is -0.358 e. The molecule has 1 spiro atoms. The van der Waals surface area contributed by atoms with Crippen molar-refractivity contribution in [2.24, 2.45) is 0 Å². The molecule has 0 radical (unpaired) electrons. The molecule has 2 heterocycles. The minimum atomic E-state index is -3.84. The lowest BCUT2D eigenvalue weighted by Crippen LogP contribution is -2.55. The second kappa shape index (κ2) is 16.2. The number of terminal acetylenes is 2. The quantitative estimate of drug-likeness (QED) is 0.249. The first-order valence-corrected chi connectivity index (χ1v) is 18.5. The predicted octanol–water partition coefficient (Wildman–Crippen LogP) is 5.49. The molecule has 50 heavy (non-hydrogen) atoms. The monoisotopic (exact) mass is 696 g/mol. The summed E-state index contributed by atoms with van der Waals surface area (Å²) in [4.78, 5) is 0.420. The van der Waals surface area contributed by atoms with Crippen LogP contribution < -0.4 is 0 Å². The standard InChI is InChI=1S/C31H30N2O5S2.C10H2/c34-39(35,29-15-11-27(12-16-29)25-7-3-1-4-8-25)32-21-19-31(20-22-32)33(23-24-38-31)40(36,37)30-17-13-28(14-18-30)26-9-5-2-6-10-26;1-3-5-7-9-10-8-6-4-2/h1-18H,19-24H2;1-2H. The molecule has 2 fully saturated rings. The smallest absolute Gasteiger partial charge is 0.245 e. The molecule has 4 aromatic rings. The first kappa shape index (κ1) is 35.8. The molecule has 0 saturated carbocycles. The molecule has 7 nitrogen and oxygen atoms in total. The molecule has 4 aromatic carbocycles. The number of piperidine rings is 1. The van der Waals surface area contributed by atoms with Gasteiger partial charge in [-0.2, -0.15) is 8.61 Å². The number of nitrogens with zero attached hydrogens (tertiary/aromatic N) is 2. The van der Waals surface area contributed by atoms with E-state index in [-0.39, 0.29) is 48.9 Å². The fourth-order valence-corrected chi connectivity index (χ4v) is 8.94. The van der Waals surface area contributed by atoms with Gasteiger partial charge in [-0.3, -0.25) is 0 Å². The van der Waals surface area contributed by atoms with Gasteiger partial charge in [0.15, 0.2) is 0 Å². The molecule has 0 atom stereocenters. The Morgan fingerprint density at radius 3 is 1.36 bits per heavy atom. The van der Waals surface area contributed by atoms with Crippen molar-refractivity contribution >= 4 is 20.0 Å². The van der Waals surface area contributed by atoms with Crippen LogP contribution in [0, 0.1) is 60.2 Å². The van der Waals surface area contributed by atoms with Gasteiger partial charge in [0.05, 0.1) is 16.4 Å². The van der Waals surface area contributed by atoms with E-state index in [1.807, 2.05) is 84.9 Å². The molecular weight excluding hydrogens is 665 g/mol. The number of sulfonamides is 2. The maximum Gasteiger partial charge on any atom is 0.245 e. The highest BCUT2D eigenvalue weighted by molar-refractivity contribution is 7.89. The topological polar surface area (TPSA) is 84.0 Å². The lowest BCUT2D eigenvalue weighted by Gasteiger charge is -2.42. The van der Waals surface area contributed by atoms with E-state index in [4.69, 9.17) is 17.6 Å². The molecular formula is C41H32N2O5S2.